The number of anilines is 2. The molecule has 180 valence electrons. The standard InChI is InChI=1S/C27H33N3O4/c1-27(2,26(31)32)33-18-20(28)17-24(19-8-5-11-22(16-19)34-21-9-6-10-21)29-23-12-3-4-13-25(23)30-14-7-15-30/h3-5,8,11-13,16-17,21,28-29H,6-7,9-10,14-15,18H2,1-2H3,(H,31,32)/b24-17-,28-20?. The minimum atomic E-state index is -1.37. The van der Waals surface area contributed by atoms with Gasteiger partial charge in [0.25, 0.3) is 0 Å². The Hall–Kier alpha value is -3.32. The predicted octanol–water partition coefficient (Wildman–Crippen LogP) is 5.18. The van der Waals surface area contributed by atoms with Crippen molar-refractivity contribution in [2.45, 2.75) is 51.2 Å². The van der Waals surface area contributed by atoms with E-state index < -0.39 is 11.6 Å². The summed E-state index contributed by atoms with van der Waals surface area (Å²) < 4.78 is 11.6. The van der Waals surface area contributed by atoms with Crippen molar-refractivity contribution in [1.29, 1.82) is 5.41 Å². The molecule has 2 aromatic carbocycles. The Morgan fingerprint density at radius 2 is 1.94 bits per heavy atom. The fourth-order valence-corrected chi connectivity index (χ4v) is 3.70. The number of nitrogens with one attached hydrogen (secondary N) is 2. The summed E-state index contributed by atoms with van der Waals surface area (Å²) in [6.45, 7) is 4.90. The summed E-state index contributed by atoms with van der Waals surface area (Å²) in [4.78, 5) is 13.7. The highest BCUT2D eigenvalue weighted by Gasteiger charge is 2.28. The Morgan fingerprint density at radius 1 is 1.18 bits per heavy atom. The third-order valence-corrected chi connectivity index (χ3v) is 6.29. The van der Waals surface area contributed by atoms with E-state index >= 15 is 0 Å². The van der Waals surface area contributed by atoms with Gasteiger partial charge in [0, 0.05) is 24.4 Å². The second-order valence-electron chi connectivity index (χ2n) is 9.37. The van der Waals surface area contributed by atoms with E-state index in [9.17, 15) is 9.90 Å². The molecule has 2 fully saturated rings. The number of carboxylic acid groups (broad SMARTS) is 1. The first-order valence-corrected chi connectivity index (χ1v) is 11.9. The first-order valence-electron chi connectivity index (χ1n) is 11.9. The second-order valence-corrected chi connectivity index (χ2v) is 9.37. The zero-order valence-electron chi connectivity index (χ0n) is 19.8. The van der Waals surface area contributed by atoms with Crippen LogP contribution in [0.25, 0.3) is 5.70 Å². The van der Waals surface area contributed by atoms with Crippen molar-refractivity contribution >= 4 is 28.8 Å². The van der Waals surface area contributed by atoms with Gasteiger partial charge in [-0.2, -0.15) is 0 Å². The van der Waals surface area contributed by atoms with E-state index in [1.165, 1.54) is 26.7 Å². The van der Waals surface area contributed by atoms with E-state index in [4.69, 9.17) is 14.9 Å². The van der Waals surface area contributed by atoms with Crippen LogP contribution in [0.15, 0.2) is 54.6 Å². The van der Waals surface area contributed by atoms with E-state index in [0.717, 1.165) is 54.3 Å². The second kappa shape index (κ2) is 10.3. The van der Waals surface area contributed by atoms with Crippen molar-refractivity contribution in [1.82, 2.24) is 0 Å². The summed E-state index contributed by atoms with van der Waals surface area (Å²) in [7, 11) is 0. The number of para-hydroxylation sites is 2. The van der Waals surface area contributed by atoms with Gasteiger partial charge in [-0.15, -0.1) is 0 Å². The number of hydrogen-bond acceptors (Lipinski definition) is 6. The number of carbonyl (C=O) groups is 1. The van der Waals surface area contributed by atoms with Gasteiger partial charge < -0.3 is 30.2 Å². The molecule has 0 amide bonds. The molecule has 0 spiro atoms. The van der Waals surface area contributed by atoms with Gasteiger partial charge in [0.2, 0.25) is 0 Å². The topological polar surface area (TPSA) is 94.9 Å². The van der Waals surface area contributed by atoms with Crippen LogP contribution < -0.4 is 15.0 Å². The SMILES string of the molecule is CC(C)(OCC(=N)/C=C(\Nc1ccccc1N1CCC1)c1cccc(OC2CCC2)c1)C(=O)O. The smallest absolute Gasteiger partial charge is 0.335 e. The Balaban J connectivity index is 1.60. The number of aliphatic carboxylic acids is 1. The summed E-state index contributed by atoms with van der Waals surface area (Å²) in [5, 5.41) is 21.3. The molecule has 1 saturated heterocycles. The lowest BCUT2D eigenvalue weighted by Gasteiger charge is -2.35. The molecule has 1 saturated carbocycles. The monoisotopic (exact) mass is 463 g/mol. The normalized spacial score (nSPS) is 16.4. The van der Waals surface area contributed by atoms with Gasteiger partial charge in [-0.3, -0.25) is 0 Å². The Labute approximate surface area is 200 Å². The van der Waals surface area contributed by atoms with Crippen LogP contribution in [0.1, 0.15) is 45.1 Å². The number of nitrogens with zero attached hydrogens (tertiary/aromatic N) is 1. The van der Waals surface area contributed by atoms with Crippen LogP contribution >= 0.6 is 0 Å². The van der Waals surface area contributed by atoms with Crippen LogP contribution in [-0.4, -0.2) is 48.2 Å². The van der Waals surface area contributed by atoms with E-state index in [-0.39, 0.29) is 18.4 Å². The van der Waals surface area contributed by atoms with Gasteiger partial charge in [-0.05, 0) is 69.9 Å². The van der Waals surface area contributed by atoms with Gasteiger partial charge in [-0.1, -0.05) is 24.3 Å². The molecule has 0 atom stereocenters. The summed E-state index contributed by atoms with van der Waals surface area (Å²) >= 11 is 0. The summed E-state index contributed by atoms with van der Waals surface area (Å²) in [6, 6.07) is 16.0. The average Bonchev–Trinajstić information content (AvgIpc) is 2.75. The molecular weight excluding hydrogens is 430 g/mol. The minimum absolute atomic E-state index is 0.115. The summed E-state index contributed by atoms with van der Waals surface area (Å²) in [5.41, 5.74) is 2.50. The van der Waals surface area contributed by atoms with Gasteiger partial charge in [0.05, 0.1) is 29.8 Å². The third kappa shape index (κ3) is 5.78. The van der Waals surface area contributed by atoms with E-state index in [0.29, 0.717) is 0 Å². The number of carboxylic acids is 1. The van der Waals surface area contributed by atoms with Crippen LogP contribution in [0.2, 0.25) is 0 Å². The molecule has 0 radical (unpaired) electrons. The maximum absolute atomic E-state index is 11.4. The van der Waals surface area contributed by atoms with Crippen LogP contribution in [0.4, 0.5) is 11.4 Å². The Bertz CT molecular complexity index is 1070. The molecule has 0 bridgehead atoms. The summed E-state index contributed by atoms with van der Waals surface area (Å²) in [5.74, 6) is -0.257. The highest BCUT2D eigenvalue weighted by atomic mass is 16.5. The zero-order valence-corrected chi connectivity index (χ0v) is 19.8. The Morgan fingerprint density at radius 3 is 2.59 bits per heavy atom. The van der Waals surface area contributed by atoms with Crippen molar-refractivity contribution in [3.63, 3.8) is 0 Å². The first kappa shape index (κ1) is 23.8. The minimum Gasteiger partial charge on any atom is -0.490 e. The molecule has 3 N–H and O–H groups in total. The molecule has 7 nitrogen and oxygen atoms in total. The van der Waals surface area contributed by atoms with Crippen molar-refractivity contribution in [2.24, 2.45) is 0 Å². The number of rotatable bonds is 11. The number of benzene rings is 2. The van der Waals surface area contributed by atoms with Gasteiger partial charge >= 0.3 is 5.97 Å². The average molecular weight is 464 g/mol. The molecule has 1 aliphatic carbocycles. The molecule has 1 heterocycles. The largest absolute Gasteiger partial charge is 0.490 e. The molecule has 0 aromatic heterocycles. The van der Waals surface area contributed by atoms with Gasteiger partial charge in [0.15, 0.2) is 5.60 Å². The maximum atomic E-state index is 11.4. The van der Waals surface area contributed by atoms with Crippen LogP contribution in [-0.2, 0) is 9.53 Å². The van der Waals surface area contributed by atoms with Crippen molar-refractivity contribution in [3.8, 4) is 5.75 Å². The molecule has 1 aliphatic heterocycles. The van der Waals surface area contributed by atoms with Gasteiger partial charge in [-0.25, -0.2) is 4.79 Å². The third-order valence-electron chi connectivity index (χ3n) is 6.29. The lowest BCUT2D eigenvalue weighted by molar-refractivity contribution is -0.159. The molecule has 7 heteroatoms. The quantitative estimate of drug-likeness (QED) is 0.398. The highest BCUT2D eigenvalue weighted by molar-refractivity contribution is 6.02. The molecule has 34 heavy (non-hydrogen) atoms. The van der Waals surface area contributed by atoms with Gasteiger partial charge in [0.1, 0.15) is 5.75 Å². The molecule has 2 aliphatic rings. The molecular formula is C27H33N3O4. The van der Waals surface area contributed by atoms with Crippen LogP contribution in [0.5, 0.6) is 5.75 Å². The molecule has 0 unspecified atom stereocenters. The molecule has 2 aromatic rings. The number of hydrogen-bond donors (Lipinski definition) is 3. The van der Waals surface area contributed by atoms with Crippen LogP contribution in [0.3, 0.4) is 0 Å². The maximum Gasteiger partial charge on any atom is 0.335 e. The lowest BCUT2D eigenvalue weighted by atomic mass is 9.96. The lowest BCUT2D eigenvalue weighted by Crippen LogP contribution is -2.37. The predicted molar refractivity (Wildman–Crippen MR) is 135 cm³/mol. The molecule has 4 rings (SSSR count). The summed E-state index contributed by atoms with van der Waals surface area (Å²) in [6.07, 6.45) is 6.51. The van der Waals surface area contributed by atoms with E-state index in [2.05, 4.69) is 16.3 Å². The Kier molecular flexibility index (Phi) is 7.22. The van der Waals surface area contributed by atoms with E-state index in [1.54, 1.807) is 6.08 Å². The van der Waals surface area contributed by atoms with Crippen LogP contribution in [0, 0.1) is 5.41 Å². The zero-order chi connectivity index (χ0) is 24.1. The highest BCUT2D eigenvalue weighted by Crippen LogP contribution is 2.33. The fourth-order valence-electron chi connectivity index (χ4n) is 3.70. The fraction of sp³-hybridized carbons (Fsp3) is 0.407. The van der Waals surface area contributed by atoms with Crippen molar-refractivity contribution in [3.05, 3.63) is 60.2 Å². The van der Waals surface area contributed by atoms with E-state index in [1.807, 2.05) is 42.5 Å². The number of ether oxygens (including phenoxy) is 2. The van der Waals surface area contributed by atoms with Crippen molar-refractivity contribution in [2.75, 3.05) is 29.9 Å². The first-order chi connectivity index (χ1) is 16.3. The van der Waals surface area contributed by atoms with Crippen molar-refractivity contribution < 1.29 is 19.4 Å².